The van der Waals surface area contributed by atoms with Gasteiger partial charge in [-0.2, -0.15) is 0 Å². The second-order valence-corrected chi connectivity index (χ2v) is 7.07. The van der Waals surface area contributed by atoms with Crippen LogP contribution in [0.15, 0.2) is 46.9 Å². The first-order chi connectivity index (χ1) is 12.8. The molecule has 0 saturated carbocycles. The summed E-state index contributed by atoms with van der Waals surface area (Å²) in [5.41, 5.74) is 2.43. The van der Waals surface area contributed by atoms with Gasteiger partial charge >= 0.3 is 0 Å². The number of halogens is 2. The van der Waals surface area contributed by atoms with Gasteiger partial charge in [-0.25, -0.2) is 4.68 Å². The van der Waals surface area contributed by atoms with Crippen molar-refractivity contribution in [3.63, 3.8) is 0 Å². The van der Waals surface area contributed by atoms with Crippen LogP contribution in [0.25, 0.3) is 5.69 Å². The highest BCUT2D eigenvalue weighted by molar-refractivity contribution is 9.10. The van der Waals surface area contributed by atoms with Gasteiger partial charge in [0.1, 0.15) is 0 Å². The molecule has 0 atom stereocenters. The van der Waals surface area contributed by atoms with Gasteiger partial charge in [0.2, 0.25) is 5.91 Å². The fraction of sp³-hybridized carbons (Fsp3) is 0.111. The highest BCUT2D eigenvalue weighted by Crippen LogP contribution is 2.26. The van der Waals surface area contributed by atoms with Crippen LogP contribution in [0, 0.1) is 6.92 Å². The van der Waals surface area contributed by atoms with Crippen molar-refractivity contribution in [2.24, 2.45) is 0 Å². The summed E-state index contributed by atoms with van der Waals surface area (Å²) in [4.78, 5) is 23.9. The smallest absolute Gasteiger partial charge is 0.278 e. The number of benzene rings is 2. The molecule has 2 N–H and O–H groups in total. The van der Waals surface area contributed by atoms with E-state index in [1.54, 1.807) is 29.8 Å². The molecule has 0 fully saturated rings. The molecule has 138 valence electrons. The average Bonchev–Trinajstić information content (AvgIpc) is 2.99. The zero-order valence-electron chi connectivity index (χ0n) is 14.5. The van der Waals surface area contributed by atoms with Crippen LogP contribution < -0.4 is 10.6 Å². The molecule has 3 rings (SSSR count). The Morgan fingerprint density at radius 3 is 2.63 bits per heavy atom. The first-order valence-electron chi connectivity index (χ1n) is 7.92. The lowest BCUT2D eigenvalue weighted by molar-refractivity contribution is -0.114. The Morgan fingerprint density at radius 2 is 1.93 bits per heavy atom. The Kier molecular flexibility index (Phi) is 5.57. The minimum atomic E-state index is -0.448. The summed E-state index contributed by atoms with van der Waals surface area (Å²) in [6.45, 7) is 3.15. The number of hydrogen-bond acceptors (Lipinski definition) is 4. The molecule has 0 radical (unpaired) electrons. The molecule has 0 aliphatic rings. The molecule has 9 heteroatoms. The summed E-state index contributed by atoms with van der Waals surface area (Å²) in [7, 11) is 0. The average molecular weight is 449 g/mol. The lowest BCUT2D eigenvalue weighted by Gasteiger charge is -2.09. The van der Waals surface area contributed by atoms with E-state index >= 15 is 0 Å². The Bertz CT molecular complexity index is 1030. The first kappa shape index (κ1) is 19.1. The molecular weight excluding hydrogens is 434 g/mol. The molecule has 27 heavy (non-hydrogen) atoms. The summed E-state index contributed by atoms with van der Waals surface area (Å²) >= 11 is 9.56. The van der Waals surface area contributed by atoms with Crippen LogP contribution >= 0.6 is 27.5 Å². The van der Waals surface area contributed by atoms with E-state index in [2.05, 4.69) is 36.9 Å². The number of carbonyl (C=O) groups excluding carboxylic acids is 2. The third-order valence-electron chi connectivity index (χ3n) is 3.70. The maximum absolute atomic E-state index is 12.7. The van der Waals surface area contributed by atoms with Crippen molar-refractivity contribution < 1.29 is 9.59 Å². The zero-order chi connectivity index (χ0) is 19.6. The summed E-state index contributed by atoms with van der Waals surface area (Å²) in [5, 5.41) is 13.7. The van der Waals surface area contributed by atoms with Gasteiger partial charge in [0.25, 0.3) is 5.91 Å². The topological polar surface area (TPSA) is 88.9 Å². The Morgan fingerprint density at radius 1 is 1.15 bits per heavy atom. The van der Waals surface area contributed by atoms with Gasteiger partial charge < -0.3 is 10.6 Å². The summed E-state index contributed by atoms with van der Waals surface area (Å²) in [5.74, 6) is -0.668. The highest BCUT2D eigenvalue weighted by Gasteiger charge is 2.18. The second kappa shape index (κ2) is 7.89. The summed E-state index contributed by atoms with van der Waals surface area (Å²) in [6, 6.07) is 12.3. The Balaban J connectivity index is 1.86. The van der Waals surface area contributed by atoms with Crippen molar-refractivity contribution in [1.29, 1.82) is 0 Å². The Hall–Kier alpha value is -2.71. The van der Waals surface area contributed by atoms with E-state index in [9.17, 15) is 9.59 Å². The third-order valence-corrected chi connectivity index (χ3v) is 4.52. The molecule has 0 saturated heterocycles. The van der Waals surface area contributed by atoms with Crippen LogP contribution in [0.1, 0.15) is 23.1 Å². The van der Waals surface area contributed by atoms with E-state index in [-0.39, 0.29) is 11.6 Å². The fourth-order valence-corrected chi connectivity index (χ4v) is 3.03. The molecule has 7 nitrogen and oxygen atoms in total. The highest BCUT2D eigenvalue weighted by atomic mass is 79.9. The minimum Gasteiger partial charge on any atom is -0.326 e. The van der Waals surface area contributed by atoms with Crippen molar-refractivity contribution in [3.8, 4) is 5.69 Å². The van der Waals surface area contributed by atoms with Crippen LogP contribution in [0.3, 0.4) is 0 Å². The normalized spacial score (nSPS) is 10.5. The molecule has 0 aliphatic carbocycles. The first-order valence-corrected chi connectivity index (χ1v) is 9.09. The molecule has 0 bridgehead atoms. The molecule has 3 aromatic rings. The van der Waals surface area contributed by atoms with E-state index in [0.29, 0.717) is 22.1 Å². The summed E-state index contributed by atoms with van der Waals surface area (Å²) < 4.78 is 2.47. The number of hydrogen-bond donors (Lipinski definition) is 2. The van der Waals surface area contributed by atoms with E-state index in [1.807, 2.05) is 24.3 Å². The van der Waals surface area contributed by atoms with Gasteiger partial charge in [-0.1, -0.05) is 38.8 Å². The van der Waals surface area contributed by atoms with Crippen molar-refractivity contribution >= 4 is 50.7 Å². The summed E-state index contributed by atoms with van der Waals surface area (Å²) in [6.07, 6.45) is 0. The van der Waals surface area contributed by atoms with E-state index < -0.39 is 5.91 Å². The predicted octanol–water partition coefficient (Wildman–Crippen LogP) is 4.20. The van der Waals surface area contributed by atoms with E-state index in [1.165, 1.54) is 6.92 Å². The number of rotatable bonds is 4. The second-order valence-electron chi connectivity index (χ2n) is 5.75. The number of amides is 2. The predicted molar refractivity (Wildman–Crippen MR) is 108 cm³/mol. The standard InChI is InChI=1S/C18H15BrClN5O2/c1-10-17(23-24-25(10)14-5-3-4-12(19)8-14)18(27)22-16-9-13(21-11(2)26)6-7-15(16)20/h3-9H,1-2H3,(H,21,26)(H,22,27). The molecule has 1 heterocycles. The van der Waals surface area contributed by atoms with E-state index in [4.69, 9.17) is 11.6 Å². The number of carbonyl (C=O) groups is 2. The maximum Gasteiger partial charge on any atom is 0.278 e. The molecule has 2 amide bonds. The number of anilines is 2. The van der Waals surface area contributed by atoms with Crippen molar-refractivity contribution in [1.82, 2.24) is 15.0 Å². The number of nitrogens with one attached hydrogen (secondary N) is 2. The quantitative estimate of drug-likeness (QED) is 0.626. The SMILES string of the molecule is CC(=O)Nc1ccc(Cl)c(NC(=O)c2nnn(-c3cccc(Br)c3)c2C)c1. The largest absolute Gasteiger partial charge is 0.326 e. The molecule has 2 aromatic carbocycles. The molecule has 0 aliphatic heterocycles. The molecule has 0 spiro atoms. The van der Waals surface area contributed by atoms with Crippen molar-refractivity contribution in [3.05, 3.63) is 63.3 Å². The van der Waals surface area contributed by atoms with Crippen molar-refractivity contribution in [2.75, 3.05) is 10.6 Å². The minimum absolute atomic E-state index is 0.177. The van der Waals surface area contributed by atoms with Crippen LogP contribution in [0.2, 0.25) is 5.02 Å². The number of aromatic nitrogens is 3. The van der Waals surface area contributed by atoms with Gasteiger partial charge in [-0.3, -0.25) is 9.59 Å². The van der Waals surface area contributed by atoms with Crippen LogP contribution in [0.4, 0.5) is 11.4 Å². The van der Waals surface area contributed by atoms with Crippen molar-refractivity contribution in [2.45, 2.75) is 13.8 Å². The lowest BCUT2D eigenvalue weighted by Crippen LogP contribution is -2.15. The number of nitrogens with zero attached hydrogens (tertiary/aromatic N) is 3. The molecule has 0 unspecified atom stereocenters. The van der Waals surface area contributed by atoms with E-state index in [0.717, 1.165) is 10.2 Å². The van der Waals surface area contributed by atoms with Gasteiger partial charge in [0.15, 0.2) is 5.69 Å². The van der Waals surface area contributed by atoms with Crippen LogP contribution in [-0.4, -0.2) is 26.8 Å². The van der Waals surface area contributed by atoms with Gasteiger partial charge in [-0.05, 0) is 43.3 Å². The van der Waals surface area contributed by atoms with Gasteiger partial charge in [-0.15, -0.1) is 5.10 Å². The fourth-order valence-electron chi connectivity index (χ4n) is 2.48. The molecule has 1 aromatic heterocycles. The van der Waals surface area contributed by atoms with Crippen LogP contribution in [-0.2, 0) is 4.79 Å². The molecular formula is C18H15BrClN5O2. The lowest BCUT2D eigenvalue weighted by atomic mass is 10.2. The maximum atomic E-state index is 12.7. The van der Waals surface area contributed by atoms with Crippen LogP contribution in [0.5, 0.6) is 0 Å². The third kappa shape index (κ3) is 4.35. The monoisotopic (exact) mass is 447 g/mol. The van der Waals surface area contributed by atoms with Gasteiger partial charge in [0, 0.05) is 17.1 Å². The van der Waals surface area contributed by atoms with Gasteiger partial charge in [0.05, 0.1) is 22.1 Å². The zero-order valence-corrected chi connectivity index (χ0v) is 16.8. The Labute approximate surface area is 168 Å².